The number of benzene rings is 2. The topological polar surface area (TPSA) is 55.6 Å². The molecular weight excluding hydrogens is 264 g/mol. The Morgan fingerprint density at radius 2 is 1.81 bits per heavy atom. The van der Waals surface area contributed by atoms with Crippen LogP contribution in [0.15, 0.2) is 48.5 Å². The predicted octanol–water partition coefficient (Wildman–Crippen LogP) is 2.87. The van der Waals surface area contributed by atoms with Crippen molar-refractivity contribution in [3.8, 4) is 5.75 Å². The highest BCUT2D eigenvalue weighted by molar-refractivity contribution is 5.94. The van der Waals surface area contributed by atoms with Crippen LogP contribution in [-0.4, -0.2) is 19.6 Å². The normalized spacial score (nSPS) is 10.2. The molecule has 4 nitrogen and oxygen atoms in total. The van der Waals surface area contributed by atoms with Crippen LogP contribution in [0, 0.1) is 0 Å². The van der Waals surface area contributed by atoms with Crippen molar-refractivity contribution in [2.75, 3.05) is 24.3 Å². The Hall–Kier alpha value is -2.49. The number of anilines is 2. The van der Waals surface area contributed by atoms with Gasteiger partial charge < -0.3 is 15.4 Å². The Morgan fingerprint density at radius 1 is 1.14 bits per heavy atom. The lowest BCUT2D eigenvalue weighted by Gasteiger charge is -2.18. The van der Waals surface area contributed by atoms with Gasteiger partial charge in [-0.3, -0.25) is 4.79 Å². The maximum Gasteiger partial charge on any atom is 0.264 e. The first-order valence-electron chi connectivity index (χ1n) is 6.94. The zero-order valence-corrected chi connectivity index (χ0v) is 12.4. The van der Waals surface area contributed by atoms with Gasteiger partial charge in [-0.05, 0) is 42.3 Å². The van der Waals surface area contributed by atoms with Gasteiger partial charge in [-0.1, -0.05) is 25.1 Å². The summed E-state index contributed by atoms with van der Waals surface area (Å²) in [6.07, 6.45) is 0.873. The number of amides is 1. The molecule has 0 unspecified atom stereocenters. The molecule has 1 amide bonds. The third kappa shape index (κ3) is 3.75. The molecule has 21 heavy (non-hydrogen) atoms. The van der Waals surface area contributed by atoms with Gasteiger partial charge in [0.15, 0.2) is 6.61 Å². The highest BCUT2D eigenvalue weighted by atomic mass is 16.5. The Labute approximate surface area is 125 Å². The van der Waals surface area contributed by atoms with Gasteiger partial charge in [0.2, 0.25) is 0 Å². The third-order valence-corrected chi connectivity index (χ3v) is 3.36. The third-order valence-electron chi connectivity index (χ3n) is 3.36. The molecule has 0 aromatic heterocycles. The molecule has 4 heteroatoms. The molecule has 0 saturated carbocycles. The first-order valence-corrected chi connectivity index (χ1v) is 6.94. The zero-order chi connectivity index (χ0) is 15.2. The number of likely N-dealkylation sites (N-methyl/N-ethyl adjacent to an activating group) is 1. The van der Waals surface area contributed by atoms with E-state index in [0.717, 1.165) is 23.4 Å². The number of rotatable bonds is 5. The van der Waals surface area contributed by atoms with Crippen molar-refractivity contribution in [1.29, 1.82) is 0 Å². The molecule has 0 aliphatic carbocycles. The molecule has 0 aliphatic heterocycles. The van der Waals surface area contributed by atoms with E-state index in [-0.39, 0.29) is 12.5 Å². The summed E-state index contributed by atoms with van der Waals surface area (Å²) >= 11 is 0. The number of aryl methyl sites for hydroxylation is 1. The zero-order valence-electron chi connectivity index (χ0n) is 12.4. The fraction of sp³-hybridized carbons (Fsp3) is 0.235. The van der Waals surface area contributed by atoms with Crippen LogP contribution in [-0.2, 0) is 11.2 Å². The van der Waals surface area contributed by atoms with Crippen molar-refractivity contribution in [1.82, 2.24) is 0 Å². The van der Waals surface area contributed by atoms with Gasteiger partial charge in [0.25, 0.3) is 5.91 Å². The van der Waals surface area contributed by atoms with E-state index in [1.165, 1.54) is 0 Å². The lowest BCUT2D eigenvalue weighted by Crippen LogP contribution is -2.31. The van der Waals surface area contributed by atoms with Crippen LogP contribution in [0.5, 0.6) is 5.75 Å². The van der Waals surface area contributed by atoms with Crippen molar-refractivity contribution in [2.24, 2.45) is 0 Å². The van der Waals surface area contributed by atoms with E-state index in [2.05, 4.69) is 6.92 Å². The standard InChI is InChI=1S/C17H20N2O2/c1-3-13-6-4-5-7-16(13)21-12-17(20)19(2)15-10-8-14(18)9-11-15/h4-11H,3,12,18H2,1-2H3. The van der Waals surface area contributed by atoms with E-state index < -0.39 is 0 Å². The van der Waals surface area contributed by atoms with E-state index in [0.29, 0.717) is 5.69 Å². The Bertz CT molecular complexity index is 608. The molecule has 0 spiro atoms. The predicted molar refractivity (Wildman–Crippen MR) is 85.6 cm³/mol. The molecule has 2 N–H and O–H groups in total. The van der Waals surface area contributed by atoms with Crippen LogP contribution < -0.4 is 15.4 Å². The van der Waals surface area contributed by atoms with E-state index in [1.807, 2.05) is 36.4 Å². The van der Waals surface area contributed by atoms with Crippen molar-refractivity contribution < 1.29 is 9.53 Å². The summed E-state index contributed by atoms with van der Waals surface area (Å²) in [6.45, 7) is 2.07. The van der Waals surface area contributed by atoms with Gasteiger partial charge in [-0.15, -0.1) is 0 Å². The lowest BCUT2D eigenvalue weighted by molar-refractivity contribution is -0.120. The number of para-hydroxylation sites is 1. The molecule has 110 valence electrons. The molecule has 0 fully saturated rings. The van der Waals surface area contributed by atoms with Gasteiger partial charge in [-0.25, -0.2) is 0 Å². The van der Waals surface area contributed by atoms with Crippen LogP contribution in [0.25, 0.3) is 0 Å². The molecular formula is C17H20N2O2. The average molecular weight is 284 g/mol. The highest BCUT2D eigenvalue weighted by Crippen LogP contribution is 2.19. The van der Waals surface area contributed by atoms with Crippen LogP contribution in [0.3, 0.4) is 0 Å². The number of hydrogen-bond acceptors (Lipinski definition) is 3. The van der Waals surface area contributed by atoms with Gasteiger partial charge in [0, 0.05) is 18.4 Å². The second kappa shape index (κ2) is 6.79. The van der Waals surface area contributed by atoms with Crippen LogP contribution in [0.2, 0.25) is 0 Å². The molecule has 2 aromatic rings. The largest absolute Gasteiger partial charge is 0.483 e. The lowest BCUT2D eigenvalue weighted by atomic mass is 10.1. The number of carbonyl (C=O) groups excluding carboxylic acids is 1. The summed E-state index contributed by atoms with van der Waals surface area (Å²) < 4.78 is 5.64. The van der Waals surface area contributed by atoms with Crippen molar-refractivity contribution in [3.63, 3.8) is 0 Å². The van der Waals surface area contributed by atoms with Gasteiger partial charge in [0.05, 0.1) is 0 Å². The number of nitrogens with two attached hydrogens (primary N) is 1. The van der Waals surface area contributed by atoms with E-state index >= 15 is 0 Å². The SMILES string of the molecule is CCc1ccccc1OCC(=O)N(C)c1ccc(N)cc1. The Morgan fingerprint density at radius 3 is 2.48 bits per heavy atom. The van der Waals surface area contributed by atoms with E-state index in [1.54, 1.807) is 24.1 Å². The first kappa shape index (κ1) is 14.9. The molecule has 0 saturated heterocycles. The average Bonchev–Trinajstić information content (AvgIpc) is 2.52. The summed E-state index contributed by atoms with van der Waals surface area (Å²) in [6, 6.07) is 14.9. The summed E-state index contributed by atoms with van der Waals surface area (Å²) in [5.74, 6) is 0.657. The quantitative estimate of drug-likeness (QED) is 0.859. The maximum atomic E-state index is 12.2. The molecule has 0 bridgehead atoms. The minimum atomic E-state index is -0.106. The second-order valence-electron chi connectivity index (χ2n) is 4.79. The van der Waals surface area contributed by atoms with Gasteiger partial charge >= 0.3 is 0 Å². The fourth-order valence-electron chi connectivity index (χ4n) is 2.01. The molecule has 2 rings (SSSR count). The van der Waals surface area contributed by atoms with Crippen LogP contribution in [0.1, 0.15) is 12.5 Å². The second-order valence-corrected chi connectivity index (χ2v) is 4.79. The number of nitrogen functional groups attached to an aromatic ring is 1. The first-order chi connectivity index (χ1) is 10.1. The minimum Gasteiger partial charge on any atom is -0.483 e. The van der Waals surface area contributed by atoms with Gasteiger partial charge in [0.1, 0.15) is 5.75 Å². The number of ether oxygens (including phenoxy) is 1. The molecule has 0 radical (unpaired) electrons. The van der Waals surface area contributed by atoms with E-state index in [4.69, 9.17) is 10.5 Å². The van der Waals surface area contributed by atoms with Crippen LogP contribution in [0.4, 0.5) is 11.4 Å². The molecule has 0 atom stereocenters. The Kier molecular flexibility index (Phi) is 4.82. The number of hydrogen-bond donors (Lipinski definition) is 1. The van der Waals surface area contributed by atoms with Crippen molar-refractivity contribution in [2.45, 2.75) is 13.3 Å². The maximum absolute atomic E-state index is 12.2. The number of carbonyl (C=O) groups is 1. The molecule has 2 aromatic carbocycles. The van der Waals surface area contributed by atoms with E-state index in [9.17, 15) is 4.79 Å². The fourth-order valence-corrected chi connectivity index (χ4v) is 2.01. The summed E-state index contributed by atoms with van der Waals surface area (Å²) in [7, 11) is 1.73. The molecule has 0 heterocycles. The van der Waals surface area contributed by atoms with Crippen molar-refractivity contribution in [3.05, 3.63) is 54.1 Å². The van der Waals surface area contributed by atoms with Gasteiger partial charge in [-0.2, -0.15) is 0 Å². The highest BCUT2D eigenvalue weighted by Gasteiger charge is 2.12. The number of nitrogens with zero attached hydrogens (tertiary/aromatic N) is 1. The smallest absolute Gasteiger partial charge is 0.264 e. The Balaban J connectivity index is 1.99. The summed E-state index contributed by atoms with van der Waals surface area (Å²) in [5.41, 5.74) is 8.21. The molecule has 0 aliphatic rings. The summed E-state index contributed by atoms with van der Waals surface area (Å²) in [4.78, 5) is 13.7. The minimum absolute atomic E-state index is 0.0118. The summed E-state index contributed by atoms with van der Waals surface area (Å²) in [5, 5.41) is 0. The van der Waals surface area contributed by atoms with Crippen LogP contribution >= 0.6 is 0 Å². The van der Waals surface area contributed by atoms with Crippen molar-refractivity contribution >= 4 is 17.3 Å². The monoisotopic (exact) mass is 284 g/mol.